The minimum Gasteiger partial charge on any atom is -0.489 e. The van der Waals surface area contributed by atoms with E-state index >= 15 is 0 Å². The Bertz CT molecular complexity index is 1050. The second-order valence-corrected chi connectivity index (χ2v) is 7.23. The zero-order valence-corrected chi connectivity index (χ0v) is 15.5. The van der Waals surface area contributed by atoms with Crippen LogP contribution < -0.4 is 4.74 Å². The Morgan fingerprint density at radius 2 is 1.70 bits per heavy atom. The van der Waals surface area contributed by atoms with E-state index in [9.17, 15) is 9.59 Å². The summed E-state index contributed by atoms with van der Waals surface area (Å²) in [6.45, 7) is 0.482. The van der Waals surface area contributed by atoms with Crippen LogP contribution in [0.15, 0.2) is 71.6 Å². The molecular formula is C22H17NO3S. The maximum atomic E-state index is 11.9. The minimum atomic E-state index is -0.263. The van der Waals surface area contributed by atoms with Crippen molar-refractivity contribution >= 4 is 39.8 Å². The number of likely N-dealkylation sites (N-methyl/N-ethyl adjacent to an activating group) is 1. The summed E-state index contributed by atoms with van der Waals surface area (Å²) in [6, 6.07) is 21.9. The third-order valence-corrected chi connectivity index (χ3v) is 5.40. The molecule has 27 heavy (non-hydrogen) atoms. The van der Waals surface area contributed by atoms with Crippen LogP contribution >= 0.6 is 11.8 Å². The Hall–Kier alpha value is -3.05. The lowest BCUT2D eigenvalue weighted by Gasteiger charge is -2.09. The highest BCUT2D eigenvalue weighted by atomic mass is 32.2. The molecule has 0 aliphatic carbocycles. The van der Waals surface area contributed by atoms with Gasteiger partial charge in [-0.05, 0) is 51.9 Å². The molecule has 0 aromatic heterocycles. The Balaban J connectivity index is 1.47. The summed E-state index contributed by atoms with van der Waals surface area (Å²) in [5.74, 6) is 0.491. The number of imide groups is 1. The van der Waals surface area contributed by atoms with E-state index in [4.69, 9.17) is 4.74 Å². The molecule has 3 aromatic carbocycles. The van der Waals surface area contributed by atoms with E-state index in [1.807, 2.05) is 42.5 Å². The van der Waals surface area contributed by atoms with Gasteiger partial charge in [-0.3, -0.25) is 14.5 Å². The van der Waals surface area contributed by atoms with Gasteiger partial charge in [0.25, 0.3) is 11.1 Å². The zero-order valence-electron chi connectivity index (χ0n) is 14.7. The molecule has 1 saturated heterocycles. The lowest BCUT2D eigenvalue weighted by Crippen LogP contribution is -2.22. The number of amides is 2. The number of hydrogen-bond acceptors (Lipinski definition) is 4. The number of nitrogens with zero attached hydrogens (tertiary/aromatic N) is 1. The molecule has 0 N–H and O–H groups in total. The van der Waals surface area contributed by atoms with Gasteiger partial charge in [-0.25, -0.2) is 0 Å². The summed E-state index contributed by atoms with van der Waals surface area (Å²) >= 11 is 0.957. The van der Waals surface area contributed by atoms with Crippen molar-refractivity contribution in [3.05, 3.63) is 82.8 Å². The van der Waals surface area contributed by atoms with E-state index in [0.717, 1.165) is 33.5 Å². The molecule has 0 spiro atoms. The summed E-state index contributed by atoms with van der Waals surface area (Å²) in [5, 5.41) is 2.13. The van der Waals surface area contributed by atoms with Crippen LogP contribution in [0, 0.1) is 0 Å². The van der Waals surface area contributed by atoms with Crippen LogP contribution in [0.5, 0.6) is 5.75 Å². The Kier molecular flexibility index (Phi) is 4.69. The van der Waals surface area contributed by atoms with Crippen LogP contribution in [0.25, 0.3) is 16.8 Å². The lowest BCUT2D eigenvalue weighted by molar-refractivity contribution is -0.121. The normalized spacial score (nSPS) is 15.7. The van der Waals surface area contributed by atoms with Crippen molar-refractivity contribution < 1.29 is 14.3 Å². The van der Waals surface area contributed by atoms with Gasteiger partial charge in [0.15, 0.2) is 0 Å². The van der Waals surface area contributed by atoms with E-state index in [0.29, 0.717) is 11.5 Å². The van der Waals surface area contributed by atoms with Crippen molar-refractivity contribution in [3.63, 3.8) is 0 Å². The fraction of sp³-hybridized carbons (Fsp3) is 0.0909. The second kappa shape index (κ2) is 7.29. The summed E-state index contributed by atoms with van der Waals surface area (Å²) in [4.78, 5) is 25.1. The van der Waals surface area contributed by atoms with Gasteiger partial charge in [-0.1, -0.05) is 54.6 Å². The monoisotopic (exact) mass is 375 g/mol. The molecule has 0 bridgehead atoms. The lowest BCUT2D eigenvalue weighted by atomic mass is 10.1. The molecule has 0 unspecified atom stereocenters. The van der Waals surface area contributed by atoms with Crippen LogP contribution in [0.2, 0.25) is 0 Å². The Labute approximate surface area is 161 Å². The molecular weight excluding hydrogens is 358 g/mol. The quantitative estimate of drug-likeness (QED) is 0.596. The smallest absolute Gasteiger partial charge is 0.293 e. The maximum Gasteiger partial charge on any atom is 0.293 e. The van der Waals surface area contributed by atoms with Gasteiger partial charge in [0.1, 0.15) is 12.4 Å². The fourth-order valence-electron chi connectivity index (χ4n) is 2.94. The van der Waals surface area contributed by atoms with Crippen LogP contribution in [-0.2, 0) is 11.4 Å². The number of thioether (sulfide) groups is 1. The maximum absolute atomic E-state index is 11.9. The zero-order chi connectivity index (χ0) is 18.8. The van der Waals surface area contributed by atoms with Crippen molar-refractivity contribution in [2.24, 2.45) is 0 Å². The molecule has 1 fully saturated rings. The average Bonchev–Trinajstić information content (AvgIpc) is 2.94. The van der Waals surface area contributed by atoms with Crippen molar-refractivity contribution in [1.29, 1.82) is 0 Å². The first-order valence-electron chi connectivity index (χ1n) is 8.53. The number of fused-ring (bicyclic) bond motifs is 1. The van der Waals surface area contributed by atoms with E-state index in [1.165, 1.54) is 17.8 Å². The molecule has 1 heterocycles. The molecule has 134 valence electrons. The number of carbonyl (C=O) groups excluding carboxylic acids is 2. The first-order chi connectivity index (χ1) is 13.1. The van der Waals surface area contributed by atoms with Crippen LogP contribution in [-0.4, -0.2) is 23.1 Å². The number of rotatable bonds is 4. The van der Waals surface area contributed by atoms with E-state index in [-0.39, 0.29) is 11.1 Å². The van der Waals surface area contributed by atoms with Crippen LogP contribution in [0.1, 0.15) is 11.1 Å². The highest BCUT2D eigenvalue weighted by molar-refractivity contribution is 8.18. The highest BCUT2D eigenvalue weighted by Crippen LogP contribution is 2.31. The third kappa shape index (κ3) is 3.59. The minimum absolute atomic E-state index is 0.249. The van der Waals surface area contributed by atoms with Crippen molar-refractivity contribution in [3.8, 4) is 5.75 Å². The van der Waals surface area contributed by atoms with Gasteiger partial charge in [-0.2, -0.15) is 0 Å². The Morgan fingerprint density at radius 3 is 2.44 bits per heavy atom. The second-order valence-electron chi connectivity index (χ2n) is 6.24. The topological polar surface area (TPSA) is 46.6 Å². The number of hydrogen-bond donors (Lipinski definition) is 0. The van der Waals surface area contributed by atoms with Crippen molar-refractivity contribution in [1.82, 2.24) is 4.90 Å². The summed E-state index contributed by atoms with van der Waals surface area (Å²) < 4.78 is 5.93. The van der Waals surface area contributed by atoms with Gasteiger partial charge >= 0.3 is 0 Å². The molecule has 4 nitrogen and oxygen atoms in total. The summed E-state index contributed by atoms with van der Waals surface area (Å²) in [7, 11) is 1.49. The van der Waals surface area contributed by atoms with Gasteiger partial charge < -0.3 is 4.74 Å². The molecule has 0 saturated carbocycles. The van der Waals surface area contributed by atoms with Gasteiger partial charge in [0.2, 0.25) is 0 Å². The Morgan fingerprint density at radius 1 is 0.963 bits per heavy atom. The number of carbonyl (C=O) groups is 2. The van der Waals surface area contributed by atoms with Crippen molar-refractivity contribution in [2.45, 2.75) is 6.61 Å². The van der Waals surface area contributed by atoms with E-state index in [1.54, 1.807) is 6.08 Å². The number of benzene rings is 3. The van der Waals surface area contributed by atoms with Gasteiger partial charge in [-0.15, -0.1) is 0 Å². The fourth-order valence-corrected chi connectivity index (χ4v) is 3.76. The highest BCUT2D eigenvalue weighted by Gasteiger charge is 2.31. The molecule has 0 radical (unpaired) electrons. The SMILES string of the molecule is CN1C(=O)S/C(=C\c2ccc(OCc3cccc4ccccc34)cc2)C1=O. The molecule has 4 rings (SSSR count). The predicted octanol–water partition coefficient (Wildman–Crippen LogP) is 5.08. The molecule has 1 aliphatic heterocycles. The summed E-state index contributed by atoms with van der Waals surface area (Å²) in [5.41, 5.74) is 1.99. The first kappa shape index (κ1) is 17.4. The molecule has 0 atom stereocenters. The molecule has 5 heteroatoms. The first-order valence-corrected chi connectivity index (χ1v) is 9.34. The van der Waals surface area contributed by atoms with E-state index in [2.05, 4.69) is 24.3 Å². The molecule has 2 amide bonds. The van der Waals surface area contributed by atoms with Crippen LogP contribution in [0.3, 0.4) is 0 Å². The predicted molar refractivity (Wildman–Crippen MR) is 108 cm³/mol. The van der Waals surface area contributed by atoms with E-state index < -0.39 is 0 Å². The standard InChI is InChI=1S/C22H17NO3S/c1-23-21(24)20(27-22(23)25)13-15-9-11-18(12-10-15)26-14-17-7-4-6-16-5-2-3-8-19(16)17/h2-13H,14H2,1H3/b20-13-. The summed E-state index contributed by atoms with van der Waals surface area (Å²) in [6.07, 6.45) is 1.73. The molecule has 3 aromatic rings. The van der Waals surface area contributed by atoms with Crippen LogP contribution in [0.4, 0.5) is 4.79 Å². The average molecular weight is 375 g/mol. The molecule has 1 aliphatic rings. The van der Waals surface area contributed by atoms with Gasteiger partial charge in [0, 0.05) is 7.05 Å². The van der Waals surface area contributed by atoms with Gasteiger partial charge in [0.05, 0.1) is 4.91 Å². The van der Waals surface area contributed by atoms with Crippen molar-refractivity contribution in [2.75, 3.05) is 7.05 Å². The third-order valence-electron chi connectivity index (χ3n) is 4.44. The number of ether oxygens (including phenoxy) is 1. The largest absolute Gasteiger partial charge is 0.489 e.